The van der Waals surface area contributed by atoms with Gasteiger partial charge < -0.3 is 9.64 Å². The highest BCUT2D eigenvalue weighted by Gasteiger charge is 2.44. The largest absolute Gasteiger partial charge is 0.456 e. The van der Waals surface area contributed by atoms with Crippen molar-refractivity contribution < 1.29 is 22.7 Å². The number of amides is 1. The van der Waals surface area contributed by atoms with Crippen molar-refractivity contribution in [2.45, 2.75) is 4.90 Å². The van der Waals surface area contributed by atoms with Crippen molar-refractivity contribution >= 4 is 33.2 Å². The number of ketones is 1. The van der Waals surface area contributed by atoms with E-state index in [1.165, 1.54) is 29.2 Å². The maximum absolute atomic E-state index is 13.6. The lowest BCUT2D eigenvalue weighted by molar-refractivity contribution is -0.122. The van der Waals surface area contributed by atoms with Crippen LogP contribution in [-0.2, 0) is 14.8 Å². The fourth-order valence-electron chi connectivity index (χ4n) is 4.10. The van der Waals surface area contributed by atoms with E-state index in [-0.39, 0.29) is 27.7 Å². The molecule has 2 N–H and O–H groups in total. The highest BCUT2D eigenvalue weighted by atomic mass is 32.2. The number of hydrogen-bond donors (Lipinski definition) is 1. The molecule has 1 amide bonds. The Morgan fingerprint density at radius 1 is 0.788 bits per heavy atom. The van der Waals surface area contributed by atoms with Crippen LogP contribution < -0.4 is 9.88 Å². The molecule has 1 heterocycles. The second kappa shape index (κ2) is 7.54. The Bertz CT molecular complexity index is 1490. The molecule has 0 saturated carbocycles. The van der Waals surface area contributed by atoms with Crippen LogP contribution in [0, 0.1) is 0 Å². The number of nitrogens with two attached hydrogens (primary N) is 1. The second-order valence-electron chi connectivity index (χ2n) is 7.65. The van der Waals surface area contributed by atoms with Crippen molar-refractivity contribution in [3.05, 3.63) is 107 Å². The van der Waals surface area contributed by atoms with E-state index in [4.69, 9.17) is 9.88 Å². The van der Waals surface area contributed by atoms with Gasteiger partial charge in [-0.3, -0.25) is 9.59 Å². The first-order chi connectivity index (χ1) is 15.8. The lowest BCUT2D eigenvalue weighted by atomic mass is 9.85. The van der Waals surface area contributed by atoms with Crippen LogP contribution in [-0.4, -0.2) is 32.1 Å². The predicted molar refractivity (Wildman–Crippen MR) is 122 cm³/mol. The number of hydrogen-bond acceptors (Lipinski definition) is 5. The number of likely N-dealkylation sites (N-methyl/N-ethyl adjacent to an activating group) is 1. The van der Waals surface area contributed by atoms with Crippen molar-refractivity contribution in [2.24, 2.45) is 5.14 Å². The summed E-state index contributed by atoms with van der Waals surface area (Å²) >= 11 is 0. The van der Waals surface area contributed by atoms with Gasteiger partial charge >= 0.3 is 0 Å². The molecule has 5 rings (SSSR count). The predicted octanol–water partition coefficient (Wildman–Crippen LogP) is 3.20. The molecule has 0 fully saturated rings. The number of fused-ring (bicyclic) bond motifs is 2. The number of primary sulfonamides is 1. The summed E-state index contributed by atoms with van der Waals surface area (Å²) in [4.78, 5) is 28.3. The first-order valence-electron chi connectivity index (χ1n) is 10.0. The summed E-state index contributed by atoms with van der Waals surface area (Å²) in [6, 6.07) is 21.8. The van der Waals surface area contributed by atoms with Crippen LogP contribution in [0.3, 0.4) is 0 Å². The van der Waals surface area contributed by atoms with Gasteiger partial charge in [0.05, 0.1) is 21.7 Å². The van der Waals surface area contributed by atoms with Gasteiger partial charge in [0.2, 0.25) is 10.0 Å². The van der Waals surface area contributed by atoms with E-state index in [1.54, 1.807) is 43.4 Å². The summed E-state index contributed by atoms with van der Waals surface area (Å²) in [7, 11) is -2.31. The number of Topliss-reactive ketones (excluding diaryl/α,β-unsaturated/α-hetero) is 1. The minimum absolute atomic E-state index is 0.0620. The van der Waals surface area contributed by atoms with Crippen LogP contribution in [0.5, 0.6) is 5.75 Å². The summed E-state index contributed by atoms with van der Waals surface area (Å²) < 4.78 is 29.4. The lowest BCUT2D eigenvalue weighted by Crippen LogP contribution is -2.23. The maximum atomic E-state index is 13.6. The molecule has 8 heteroatoms. The van der Waals surface area contributed by atoms with Crippen LogP contribution >= 0.6 is 0 Å². The number of sulfonamides is 1. The zero-order valence-electron chi connectivity index (χ0n) is 17.5. The van der Waals surface area contributed by atoms with Crippen LogP contribution in [0.2, 0.25) is 0 Å². The minimum Gasteiger partial charge on any atom is -0.456 e. The molecule has 33 heavy (non-hydrogen) atoms. The molecule has 1 aliphatic heterocycles. The van der Waals surface area contributed by atoms with E-state index in [0.717, 1.165) is 0 Å². The summed E-state index contributed by atoms with van der Waals surface area (Å²) in [6.45, 7) is 0. The van der Waals surface area contributed by atoms with Crippen LogP contribution in [0.1, 0.15) is 21.5 Å². The van der Waals surface area contributed by atoms with Crippen molar-refractivity contribution in [2.75, 3.05) is 7.05 Å². The fourth-order valence-corrected chi connectivity index (χ4v) is 4.61. The summed E-state index contributed by atoms with van der Waals surface area (Å²) in [5.41, 5.74) is 2.24. The molecule has 3 aromatic carbocycles. The summed E-state index contributed by atoms with van der Waals surface area (Å²) in [6.07, 6.45) is 0. The maximum Gasteiger partial charge on any atom is 0.262 e. The van der Waals surface area contributed by atoms with Gasteiger partial charge in [0.1, 0.15) is 11.5 Å². The highest BCUT2D eigenvalue weighted by molar-refractivity contribution is 7.89. The summed E-state index contributed by atoms with van der Waals surface area (Å²) in [5, 5.41) is 5.20. The third-order valence-corrected chi connectivity index (χ3v) is 6.56. The van der Waals surface area contributed by atoms with Gasteiger partial charge in [0.25, 0.3) is 5.91 Å². The topological polar surface area (TPSA) is 107 Å². The molecule has 0 bridgehead atoms. The second-order valence-corrected chi connectivity index (χ2v) is 9.21. The molecule has 3 aromatic rings. The highest BCUT2D eigenvalue weighted by Crippen LogP contribution is 2.45. The molecule has 0 unspecified atom stereocenters. The number of para-hydroxylation sites is 1. The summed E-state index contributed by atoms with van der Waals surface area (Å²) in [5.74, 6) is 0.151. The van der Waals surface area contributed by atoms with Gasteiger partial charge in [-0.15, -0.1) is 0 Å². The fraction of sp³-hybridized carbons (Fsp3) is 0.0400. The van der Waals surface area contributed by atoms with E-state index >= 15 is 0 Å². The van der Waals surface area contributed by atoms with E-state index in [0.29, 0.717) is 33.9 Å². The van der Waals surface area contributed by atoms with Gasteiger partial charge in [0.15, 0.2) is 5.78 Å². The molecule has 0 atom stereocenters. The molecule has 1 aliphatic carbocycles. The number of benzene rings is 3. The molecule has 0 spiro atoms. The lowest BCUT2D eigenvalue weighted by Gasteiger charge is -2.21. The smallest absolute Gasteiger partial charge is 0.262 e. The average molecular weight is 458 g/mol. The Labute approximate surface area is 190 Å². The van der Waals surface area contributed by atoms with Crippen LogP contribution in [0.25, 0.3) is 11.5 Å². The van der Waals surface area contributed by atoms with Crippen molar-refractivity contribution in [1.29, 1.82) is 0 Å². The van der Waals surface area contributed by atoms with Crippen molar-refractivity contribution in [3.63, 3.8) is 0 Å². The van der Waals surface area contributed by atoms with E-state index < -0.39 is 10.0 Å². The van der Waals surface area contributed by atoms with Crippen molar-refractivity contribution in [3.8, 4) is 5.75 Å². The molecule has 164 valence electrons. The molecule has 0 saturated heterocycles. The monoisotopic (exact) mass is 458 g/mol. The molecule has 0 radical (unpaired) electrons. The SMILES string of the molecule is CN1C(=O)C2=C(Oc3ccccc3)c3ccccc3C(=O)C2=C1c1ccc(S(N)(=O)=O)cc1. The van der Waals surface area contributed by atoms with Gasteiger partial charge in [0, 0.05) is 18.2 Å². The minimum atomic E-state index is -3.88. The first kappa shape index (κ1) is 20.9. The quantitative estimate of drug-likeness (QED) is 0.646. The normalized spacial score (nSPS) is 15.6. The molecular weight excluding hydrogens is 440 g/mol. The number of ether oxygens (including phenoxy) is 1. The Morgan fingerprint density at radius 2 is 1.39 bits per heavy atom. The zero-order valence-corrected chi connectivity index (χ0v) is 18.3. The molecule has 7 nitrogen and oxygen atoms in total. The van der Waals surface area contributed by atoms with Gasteiger partial charge in [-0.2, -0.15) is 0 Å². The van der Waals surface area contributed by atoms with Crippen LogP contribution in [0.15, 0.2) is 94.9 Å². The number of carbonyl (C=O) groups is 2. The Balaban J connectivity index is 1.76. The van der Waals surface area contributed by atoms with E-state index in [1.807, 2.05) is 18.2 Å². The molecule has 2 aliphatic rings. The van der Waals surface area contributed by atoms with Crippen LogP contribution in [0.4, 0.5) is 0 Å². The standard InChI is InChI=1S/C25H18N2O5S/c1-27-22(15-11-13-17(14-12-15)33(26,30)31)20-21(25(27)29)24(32-16-7-3-2-4-8-16)19-10-6-5-9-18(19)23(20)28/h2-14H,1H3,(H2,26,30,31). The third-order valence-electron chi connectivity index (χ3n) is 5.63. The van der Waals surface area contributed by atoms with Gasteiger partial charge in [-0.1, -0.05) is 54.6 Å². The van der Waals surface area contributed by atoms with Gasteiger partial charge in [-0.25, -0.2) is 13.6 Å². The average Bonchev–Trinajstić information content (AvgIpc) is 3.08. The number of carbonyl (C=O) groups excluding carboxylic acids is 2. The van der Waals surface area contributed by atoms with Gasteiger partial charge in [-0.05, 0) is 29.8 Å². The van der Waals surface area contributed by atoms with E-state index in [2.05, 4.69) is 0 Å². The number of nitrogens with zero attached hydrogens (tertiary/aromatic N) is 1. The van der Waals surface area contributed by atoms with Crippen molar-refractivity contribution in [1.82, 2.24) is 4.90 Å². The third kappa shape index (κ3) is 3.36. The Kier molecular flexibility index (Phi) is 4.77. The first-order valence-corrected chi connectivity index (χ1v) is 11.6. The zero-order chi connectivity index (χ0) is 23.3. The Morgan fingerprint density at radius 3 is 2.03 bits per heavy atom. The molecular formula is C25H18N2O5S. The van der Waals surface area contributed by atoms with E-state index in [9.17, 15) is 18.0 Å². The molecule has 0 aromatic heterocycles. The number of rotatable bonds is 4. The Hall–Kier alpha value is -4.01.